The van der Waals surface area contributed by atoms with Gasteiger partial charge in [-0.3, -0.25) is 10.1 Å². The molecule has 0 bridgehead atoms. The van der Waals surface area contributed by atoms with Gasteiger partial charge in [-0.25, -0.2) is 10.8 Å². The first kappa shape index (κ1) is 13.1. The van der Waals surface area contributed by atoms with Crippen molar-refractivity contribution in [2.45, 2.75) is 19.4 Å². The molecular weight excluding hydrogens is 226 g/mol. The molecule has 0 fully saturated rings. The fourth-order valence-electron chi connectivity index (χ4n) is 1.09. The van der Waals surface area contributed by atoms with Crippen LogP contribution in [-0.2, 0) is 0 Å². The predicted molar refractivity (Wildman–Crippen MR) is 63.5 cm³/mol. The number of aliphatic hydroxyl groups is 1. The van der Waals surface area contributed by atoms with Crippen LogP contribution in [0.2, 0.25) is 0 Å². The molecule has 0 aliphatic heterocycles. The number of nitrogen functional groups attached to an aromatic ring is 1. The first-order chi connectivity index (χ1) is 7.81. The third kappa shape index (κ3) is 4.21. The minimum absolute atomic E-state index is 0.133. The number of nitro groups is 1. The molecule has 8 heteroatoms. The molecule has 94 valence electrons. The molecule has 0 amide bonds. The highest BCUT2D eigenvalue weighted by Gasteiger charge is 2.15. The second-order valence-corrected chi connectivity index (χ2v) is 4.16. The second kappa shape index (κ2) is 4.93. The van der Waals surface area contributed by atoms with Crippen molar-refractivity contribution >= 4 is 17.3 Å². The summed E-state index contributed by atoms with van der Waals surface area (Å²) >= 11 is 0. The van der Waals surface area contributed by atoms with Gasteiger partial charge in [0.05, 0.1) is 22.7 Å². The molecule has 0 aromatic carbocycles. The molecule has 0 saturated heterocycles. The number of aromatic nitrogens is 1. The first-order valence-corrected chi connectivity index (χ1v) is 4.91. The summed E-state index contributed by atoms with van der Waals surface area (Å²) in [6, 6.07) is 2.49. The van der Waals surface area contributed by atoms with Gasteiger partial charge in [-0.05, 0) is 13.8 Å². The van der Waals surface area contributed by atoms with Crippen molar-refractivity contribution in [2.24, 2.45) is 5.84 Å². The van der Waals surface area contributed by atoms with Gasteiger partial charge in [-0.2, -0.15) is 0 Å². The monoisotopic (exact) mass is 241 g/mol. The molecule has 0 saturated carbocycles. The molecular formula is C9H15N5O3. The maximum Gasteiger partial charge on any atom is 0.276 e. The molecule has 0 radical (unpaired) electrons. The van der Waals surface area contributed by atoms with Crippen molar-refractivity contribution < 1.29 is 10.0 Å². The third-order valence-electron chi connectivity index (χ3n) is 1.87. The molecule has 1 aromatic rings. The van der Waals surface area contributed by atoms with E-state index in [4.69, 9.17) is 5.84 Å². The summed E-state index contributed by atoms with van der Waals surface area (Å²) in [5, 5.41) is 23.0. The van der Waals surface area contributed by atoms with Crippen LogP contribution in [0.1, 0.15) is 13.8 Å². The van der Waals surface area contributed by atoms with E-state index >= 15 is 0 Å². The van der Waals surface area contributed by atoms with Gasteiger partial charge in [0.25, 0.3) is 5.69 Å². The van der Waals surface area contributed by atoms with Crippen molar-refractivity contribution in [1.29, 1.82) is 0 Å². The highest BCUT2D eigenvalue weighted by atomic mass is 16.6. The van der Waals surface area contributed by atoms with Crippen LogP contribution in [0.4, 0.5) is 17.3 Å². The lowest BCUT2D eigenvalue weighted by molar-refractivity contribution is -0.384. The van der Waals surface area contributed by atoms with E-state index in [1.807, 2.05) is 0 Å². The zero-order valence-corrected chi connectivity index (χ0v) is 9.60. The van der Waals surface area contributed by atoms with Crippen molar-refractivity contribution in [3.05, 3.63) is 22.2 Å². The minimum atomic E-state index is -0.942. The van der Waals surface area contributed by atoms with Gasteiger partial charge in [0, 0.05) is 6.54 Å². The summed E-state index contributed by atoms with van der Waals surface area (Å²) in [7, 11) is 0. The van der Waals surface area contributed by atoms with Crippen molar-refractivity contribution in [2.75, 3.05) is 17.3 Å². The lowest BCUT2D eigenvalue weighted by Gasteiger charge is -2.18. The van der Waals surface area contributed by atoms with Gasteiger partial charge < -0.3 is 15.8 Å². The number of hydrazine groups is 1. The number of hydrogen-bond acceptors (Lipinski definition) is 7. The molecule has 5 N–H and O–H groups in total. The quantitative estimate of drug-likeness (QED) is 0.335. The molecule has 1 heterocycles. The van der Waals surface area contributed by atoms with E-state index < -0.39 is 10.5 Å². The molecule has 0 aliphatic carbocycles. The number of nitrogens with two attached hydrogens (primary N) is 1. The summed E-state index contributed by atoms with van der Waals surface area (Å²) in [5.41, 5.74) is 1.17. The van der Waals surface area contributed by atoms with Gasteiger partial charge in [0.15, 0.2) is 0 Å². The zero-order valence-electron chi connectivity index (χ0n) is 9.60. The van der Waals surface area contributed by atoms with Gasteiger partial charge >= 0.3 is 0 Å². The van der Waals surface area contributed by atoms with Crippen LogP contribution in [-0.4, -0.2) is 27.2 Å². The number of pyridine rings is 1. The zero-order chi connectivity index (χ0) is 13.1. The Hall–Kier alpha value is -1.93. The molecule has 0 aliphatic rings. The van der Waals surface area contributed by atoms with E-state index in [0.29, 0.717) is 0 Å². The average Bonchev–Trinajstić information content (AvgIpc) is 2.25. The average molecular weight is 241 g/mol. The maximum absolute atomic E-state index is 10.7. The van der Waals surface area contributed by atoms with E-state index in [0.717, 1.165) is 0 Å². The van der Waals surface area contributed by atoms with Gasteiger partial charge in [-0.1, -0.05) is 0 Å². The van der Waals surface area contributed by atoms with Crippen LogP contribution >= 0.6 is 0 Å². The SMILES string of the molecule is CC(C)(O)CNc1cc([N+](=O)[O-])cc(NN)n1. The molecule has 0 spiro atoms. The molecule has 1 rings (SSSR count). The van der Waals surface area contributed by atoms with Crippen molar-refractivity contribution in [3.8, 4) is 0 Å². The standard InChI is InChI=1S/C9H15N5O3/c1-9(2,15)5-11-7-3-6(14(16)17)4-8(12-7)13-10/h3-4,15H,5,10H2,1-2H3,(H2,11,12,13). The van der Waals surface area contributed by atoms with Crippen LogP contribution in [0.25, 0.3) is 0 Å². The predicted octanol–water partition coefficient (Wildman–Crippen LogP) is 0.458. The Morgan fingerprint density at radius 2 is 2.12 bits per heavy atom. The molecule has 1 aromatic heterocycles. The normalized spacial score (nSPS) is 11.1. The number of nitrogens with one attached hydrogen (secondary N) is 2. The highest BCUT2D eigenvalue weighted by molar-refractivity contribution is 5.54. The molecule has 8 nitrogen and oxygen atoms in total. The van der Waals surface area contributed by atoms with E-state index in [2.05, 4.69) is 15.7 Å². The fraction of sp³-hybridized carbons (Fsp3) is 0.444. The van der Waals surface area contributed by atoms with Gasteiger partial charge in [-0.15, -0.1) is 0 Å². The lowest BCUT2D eigenvalue weighted by Crippen LogP contribution is -2.29. The van der Waals surface area contributed by atoms with Crippen LogP contribution in [0, 0.1) is 10.1 Å². The topological polar surface area (TPSA) is 126 Å². The fourth-order valence-corrected chi connectivity index (χ4v) is 1.09. The minimum Gasteiger partial charge on any atom is -0.389 e. The Morgan fingerprint density at radius 3 is 2.59 bits per heavy atom. The van der Waals surface area contributed by atoms with Crippen LogP contribution in [0.15, 0.2) is 12.1 Å². The van der Waals surface area contributed by atoms with E-state index in [9.17, 15) is 15.2 Å². The molecule has 17 heavy (non-hydrogen) atoms. The molecule has 0 atom stereocenters. The molecule has 0 unspecified atom stereocenters. The van der Waals surface area contributed by atoms with Crippen molar-refractivity contribution in [3.63, 3.8) is 0 Å². The smallest absolute Gasteiger partial charge is 0.276 e. The van der Waals surface area contributed by atoms with Gasteiger partial charge in [0.2, 0.25) is 0 Å². The Kier molecular flexibility index (Phi) is 3.81. The van der Waals surface area contributed by atoms with Crippen LogP contribution in [0.5, 0.6) is 0 Å². The van der Waals surface area contributed by atoms with Crippen molar-refractivity contribution in [1.82, 2.24) is 4.98 Å². The van der Waals surface area contributed by atoms with Crippen LogP contribution in [0.3, 0.4) is 0 Å². The van der Waals surface area contributed by atoms with Gasteiger partial charge in [0.1, 0.15) is 11.6 Å². The van der Waals surface area contributed by atoms with Crippen LogP contribution < -0.4 is 16.6 Å². The van der Waals surface area contributed by atoms with E-state index in [1.165, 1.54) is 12.1 Å². The van der Waals surface area contributed by atoms with E-state index in [1.54, 1.807) is 13.8 Å². The number of rotatable bonds is 5. The third-order valence-corrected chi connectivity index (χ3v) is 1.87. The Bertz CT molecular complexity index is 416. The summed E-state index contributed by atoms with van der Waals surface area (Å²) in [5.74, 6) is 5.61. The van der Waals surface area contributed by atoms with E-state index in [-0.39, 0.29) is 23.9 Å². The second-order valence-electron chi connectivity index (χ2n) is 4.16. The summed E-state index contributed by atoms with van der Waals surface area (Å²) < 4.78 is 0. The summed E-state index contributed by atoms with van der Waals surface area (Å²) in [6.45, 7) is 3.43. The number of anilines is 2. The Morgan fingerprint density at radius 1 is 1.53 bits per heavy atom. The number of nitrogens with zero attached hydrogens (tertiary/aromatic N) is 2. The summed E-state index contributed by atoms with van der Waals surface area (Å²) in [4.78, 5) is 14.1. The summed E-state index contributed by atoms with van der Waals surface area (Å²) in [6.07, 6.45) is 0. The maximum atomic E-state index is 10.7. The Labute approximate surface area is 98.0 Å². The first-order valence-electron chi connectivity index (χ1n) is 4.91. The number of hydrogen-bond donors (Lipinski definition) is 4. The largest absolute Gasteiger partial charge is 0.389 e. The Balaban J connectivity index is 2.91. The lowest BCUT2D eigenvalue weighted by atomic mass is 10.1. The highest BCUT2D eigenvalue weighted by Crippen LogP contribution is 2.20.